The molecule has 4 nitrogen and oxygen atoms in total. The predicted molar refractivity (Wildman–Crippen MR) is 68.1 cm³/mol. The van der Waals surface area contributed by atoms with Gasteiger partial charge in [-0.2, -0.15) is 0 Å². The summed E-state index contributed by atoms with van der Waals surface area (Å²) in [6.07, 6.45) is 7.44. The summed E-state index contributed by atoms with van der Waals surface area (Å²) in [4.78, 5) is 24.7. The minimum Gasteiger partial charge on any atom is -0.481 e. The molecule has 1 aliphatic carbocycles. The number of carboxylic acid groups (broad SMARTS) is 1. The number of carbonyl (C=O) groups excluding carboxylic acids is 1. The van der Waals surface area contributed by atoms with Gasteiger partial charge in [0, 0.05) is 25.9 Å². The largest absolute Gasteiger partial charge is 0.481 e. The number of carboxylic acids is 1. The molecule has 1 saturated heterocycles. The standard InChI is InChI=1S/C14H23NO3/c16-13-6-5-11(9-14(17)18)7-8-15(13)10-12-3-1-2-4-12/h11-12H,1-10H2,(H,17,18). The van der Waals surface area contributed by atoms with Gasteiger partial charge in [-0.25, -0.2) is 0 Å². The lowest BCUT2D eigenvalue weighted by molar-refractivity contribution is -0.138. The lowest BCUT2D eigenvalue weighted by Crippen LogP contribution is -2.34. The summed E-state index contributed by atoms with van der Waals surface area (Å²) in [6.45, 7) is 1.66. The van der Waals surface area contributed by atoms with Crippen LogP contribution in [0.4, 0.5) is 0 Å². The Balaban J connectivity index is 1.84. The van der Waals surface area contributed by atoms with Gasteiger partial charge in [0.25, 0.3) is 0 Å². The zero-order chi connectivity index (χ0) is 13.0. The molecule has 1 unspecified atom stereocenters. The summed E-state index contributed by atoms with van der Waals surface area (Å²) in [5.74, 6) is 0.358. The van der Waals surface area contributed by atoms with E-state index in [1.807, 2.05) is 4.90 Å². The molecule has 0 spiro atoms. The van der Waals surface area contributed by atoms with Gasteiger partial charge in [0.2, 0.25) is 5.91 Å². The molecule has 2 aliphatic rings. The number of amides is 1. The van der Waals surface area contributed by atoms with Gasteiger partial charge in [-0.3, -0.25) is 9.59 Å². The molecule has 0 aromatic heterocycles. The lowest BCUT2D eigenvalue weighted by atomic mass is 9.97. The quantitative estimate of drug-likeness (QED) is 0.836. The smallest absolute Gasteiger partial charge is 0.303 e. The van der Waals surface area contributed by atoms with Gasteiger partial charge in [0.15, 0.2) is 0 Å². The normalized spacial score (nSPS) is 26.3. The van der Waals surface area contributed by atoms with Crippen LogP contribution >= 0.6 is 0 Å². The number of nitrogens with zero attached hydrogens (tertiary/aromatic N) is 1. The van der Waals surface area contributed by atoms with Crippen LogP contribution in [0.5, 0.6) is 0 Å². The molecule has 1 saturated carbocycles. The molecule has 2 fully saturated rings. The topological polar surface area (TPSA) is 57.6 Å². The highest BCUT2D eigenvalue weighted by Gasteiger charge is 2.26. The first-order valence-corrected chi connectivity index (χ1v) is 7.14. The number of hydrogen-bond acceptors (Lipinski definition) is 2. The Morgan fingerprint density at radius 2 is 1.89 bits per heavy atom. The first kappa shape index (κ1) is 13.4. The fraction of sp³-hybridized carbons (Fsp3) is 0.857. The molecule has 0 aromatic rings. The molecule has 18 heavy (non-hydrogen) atoms. The Kier molecular flexibility index (Phi) is 4.61. The molecule has 1 aliphatic heterocycles. The van der Waals surface area contributed by atoms with Crippen LogP contribution in [0.15, 0.2) is 0 Å². The Morgan fingerprint density at radius 3 is 2.56 bits per heavy atom. The van der Waals surface area contributed by atoms with Crippen LogP contribution < -0.4 is 0 Å². The fourth-order valence-corrected chi connectivity index (χ4v) is 3.24. The van der Waals surface area contributed by atoms with E-state index in [0.29, 0.717) is 12.3 Å². The zero-order valence-corrected chi connectivity index (χ0v) is 10.9. The second-order valence-electron chi connectivity index (χ2n) is 5.78. The summed E-state index contributed by atoms with van der Waals surface area (Å²) in [7, 11) is 0. The molecule has 102 valence electrons. The SMILES string of the molecule is O=C(O)CC1CCC(=O)N(CC2CCCC2)CC1. The summed E-state index contributed by atoms with van der Waals surface area (Å²) < 4.78 is 0. The lowest BCUT2D eigenvalue weighted by Gasteiger charge is -2.24. The molecule has 1 N–H and O–H groups in total. The van der Waals surface area contributed by atoms with E-state index >= 15 is 0 Å². The second kappa shape index (κ2) is 6.21. The van der Waals surface area contributed by atoms with E-state index < -0.39 is 5.97 Å². The van der Waals surface area contributed by atoms with Crippen molar-refractivity contribution >= 4 is 11.9 Å². The third-order valence-electron chi connectivity index (χ3n) is 4.34. The van der Waals surface area contributed by atoms with Crippen LogP contribution in [0.2, 0.25) is 0 Å². The van der Waals surface area contributed by atoms with Crippen molar-refractivity contribution in [1.29, 1.82) is 0 Å². The van der Waals surface area contributed by atoms with Gasteiger partial charge in [-0.05, 0) is 37.5 Å². The third kappa shape index (κ3) is 3.72. The highest BCUT2D eigenvalue weighted by Crippen LogP contribution is 2.28. The number of carbonyl (C=O) groups is 2. The first-order chi connectivity index (χ1) is 8.65. The minimum absolute atomic E-state index is 0.181. The Hall–Kier alpha value is -1.06. The summed E-state index contributed by atoms with van der Waals surface area (Å²) in [6, 6.07) is 0. The second-order valence-corrected chi connectivity index (χ2v) is 5.78. The van der Waals surface area contributed by atoms with Crippen molar-refractivity contribution < 1.29 is 14.7 Å². The van der Waals surface area contributed by atoms with Gasteiger partial charge in [0.1, 0.15) is 0 Å². The van der Waals surface area contributed by atoms with Gasteiger partial charge in [0.05, 0.1) is 0 Å². The average molecular weight is 253 g/mol. The monoisotopic (exact) mass is 253 g/mol. The maximum absolute atomic E-state index is 12.0. The van der Waals surface area contributed by atoms with Crippen molar-refractivity contribution in [2.45, 2.75) is 51.4 Å². The van der Waals surface area contributed by atoms with Crippen molar-refractivity contribution in [2.24, 2.45) is 11.8 Å². The van der Waals surface area contributed by atoms with Gasteiger partial charge in [-0.1, -0.05) is 12.8 Å². The van der Waals surface area contributed by atoms with Crippen LogP contribution in [0.1, 0.15) is 51.4 Å². The molecule has 4 heteroatoms. The van der Waals surface area contributed by atoms with Crippen LogP contribution in [0, 0.1) is 11.8 Å². The van der Waals surface area contributed by atoms with Crippen molar-refractivity contribution in [2.75, 3.05) is 13.1 Å². The van der Waals surface area contributed by atoms with Crippen LogP contribution in [0.3, 0.4) is 0 Å². The maximum Gasteiger partial charge on any atom is 0.303 e. The van der Waals surface area contributed by atoms with E-state index in [2.05, 4.69) is 0 Å². The van der Waals surface area contributed by atoms with Crippen molar-refractivity contribution in [3.8, 4) is 0 Å². The predicted octanol–water partition coefficient (Wildman–Crippen LogP) is 2.28. The third-order valence-corrected chi connectivity index (χ3v) is 4.34. The van der Waals surface area contributed by atoms with Crippen LogP contribution in [-0.4, -0.2) is 35.0 Å². The van der Waals surface area contributed by atoms with Gasteiger partial charge < -0.3 is 10.0 Å². The van der Waals surface area contributed by atoms with E-state index in [1.54, 1.807) is 0 Å². The number of likely N-dealkylation sites (tertiary alicyclic amines) is 1. The maximum atomic E-state index is 12.0. The van der Waals surface area contributed by atoms with Crippen molar-refractivity contribution in [3.05, 3.63) is 0 Å². The molecule has 1 heterocycles. The minimum atomic E-state index is -0.739. The van der Waals surface area contributed by atoms with E-state index in [1.165, 1.54) is 25.7 Å². The van der Waals surface area contributed by atoms with Crippen molar-refractivity contribution in [1.82, 2.24) is 4.90 Å². The summed E-state index contributed by atoms with van der Waals surface area (Å²) >= 11 is 0. The van der Waals surface area contributed by atoms with Crippen LogP contribution in [0.25, 0.3) is 0 Å². The molecule has 2 rings (SSSR count). The van der Waals surface area contributed by atoms with Gasteiger partial charge >= 0.3 is 5.97 Å². The van der Waals surface area contributed by atoms with Crippen LogP contribution in [-0.2, 0) is 9.59 Å². The highest BCUT2D eigenvalue weighted by atomic mass is 16.4. The zero-order valence-electron chi connectivity index (χ0n) is 10.9. The summed E-state index contributed by atoms with van der Waals surface area (Å²) in [5.41, 5.74) is 0. The number of rotatable bonds is 4. The Bertz CT molecular complexity index is 310. The van der Waals surface area contributed by atoms with Crippen molar-refractivity contribution in [3.63, 3.8) is 0 Å². The summed E-state index contributed by atoms with van der Waals surface area (Å²) in [5, 5.41) is 8.82. The molecule has 1 atom stereocenters. The van der Waals surface area contributed by atoms with E-state index in [0.717, 1.165) is 25.9 Å². The van der Waals surface area contributed by atoms with E-state index in [-0.39, 0.29) is 18.2 Å². The van der Waals surface area contributed by atoms with Gasteiger partial charge in [-0.15, -0.1) is 0 Å². The van der Waals surface area contributed by atoms with E-state index in [4.69, 9.17) is 5.11 Å². The molecule has 0 aromatic carbocycles. The molecule has 1 amide bonds. The molecular formula is C14H23NO3. The molecule has 0 bridgehead atoms. The van der Waals surface area contributed by atoms with E-state index in [9.17, 15) is 9.59 Å². The Morgan fingerprint density at radius 1 is 1.17 bits per heavy atom. The molecular weight excluding hydrogens is 230 g/mol. The average Bonchev–Trinajstić information content (AvgIpc) is 2.76. The number of aliphatic carboxylic acids is 1. The Labute approximate surface area is 108 Å². The first-order valence-electron chi connectivity index (χ1n) is 7.14. The molecule has 0 radical (unpaired) electrons. The fourth-order valence-electron chi connectivity index (χ4n) is 3.24. The number of hydrogen-bond donors (Lipinski definition) is 1. The highest BCUT2D eigenvalue weighted by molar-refractivity contribution is 5.76.